The third-order valence-electron chi connectivity index (χ3n) is 6.10. The van der Waals surface area contributed by atoms with Crippen LogP contribution >= 0.6 is 0 Å². The molecule has 3 heterocycles. The van der Waals surface area contributed by atoms with E-state index >= 15 is 0 Å². The van der Waals surface area contributed by atoms with Crippen molar-refractivity contribution in [3.63, 3.8) is 0 Å². The van der Waals surface area contributed by atoms with E-state index in [9.17, 15) is 4.79 Å². The van der Waals surface area contributed by atoms with Gasteiger partial charge in [-0.15, -0.1) is 0 Å². The number of nitrogens with zero attached hydrogens (tertiary/aromatic N) is 2. The molecule has 1 amide bonds. The lowest BCUT2D eigenvalue weighted by Crippen LogP contribution is -2.44. The Morgan fingerprint density at radius 2 is 1.85 bits per heavy atom. The van der Waals surface area contributed by atoms with E-state index in [0.717, 1.165) is 61.7 Å². The second kappa shape index (κ2) is 7.97. The molecule has 1 aromatic rings. The van der Waals surface area contributed by atoms with Crippen molar-refractivity contribution in [3.05, 3.63) is 17.7 Å². The lowest BCUT2D eigenvalue weighted by atomic mass is 10.0. The molecule has 2 fully saturated rings. The number of likely N-dealkylation sites (tertiary alicyclic amines) is 2. The molecule has 2 atom stereocenters. The Balaban J connectivity index is 1.59. The summed E-state index contributed by atoms with van der Waals surface area (Å²) in [5.74, 6) is 2.64. The Hall–Kier alpha value is -1.95. The number of methoxy groups -OCH3 is 1. The smallest absolute Gasteiger partial charge is 0.219 e. The number of amides is 1. The predicted molar refractivity (Wildman–Crippen MR) is 102 cm³/mol. The summed E-state index contributed by atoms with van der Waals surface area (Å²) in [6, 6.07) is 4.81. The molecule has 0 saturated carbocycles. The van der Waals surface area contributed by atoms with Crippen LogP contribution in [0.1, 0.15) is 44.6 Å². The Kier molecular flexibility index (Phi) is 5.43. The number of carbonyl (C=O) groups excluding carboxylic acids is 1. The third-order valence-corrected chi connectivity index (χ3v) is 6.10. The fourth-order valence-corrected chi connectivity index (χ4v) is 4.80. The Bertz CT molecular complexity index is 693. The molecule has 3 aliphatic heterocycles. The van der Waals surface area contributed by atoms with Gasteiger partial charge >= 0.3 is 0 Å². The van der Waals surface area contributed by atoms with Gasteiger partial charge in [-0.25, -0.2) is 0 Å². The topological polar surface area (TPSA) is 51.2 Å². The van der Waals surface area contributed by atoms with Crippen LogP contribution in [-0.4, -0.2) is 61.2 Å². The minimum absolute atomic E-state index is 0.206. The van der Waals surface area contributed by atoms with Gasteiger partial charge in [-0.2, -0.15) is 0 Å². The van der Waals surface area contributed by atoms with Crippen LogP contribution in [0.4, 0.5) is 0 Å². The zero-order valence-electron chi connectivity index (χ0n) is 16.4. The molecule has 148 valence electrons. The van der Waals surface area contributed by atoms with Gasteiger partial charge in [0.1, 0.15) is 5.75 Å². The van der Waals surface area contributed by atoms with Crippen LogP contribution in [0.25, 0.3) is 0 Å². The molecule has 3 aliphatic rings. The molecule has 0 aliphatic carbocycles. The normalized spacial score (nSPS) is 25.5. The number of benzene rings is 1. The number of hydrogen-bond acceptors (Lipinski definition) is 5. The summed E-state index contributed by atoms with van der Waals surface area (Å²) in [5.41, 5.74) is 1.13. The first-order chi connectivity index (χ1) is 13.2. The highest BCUT2D eigenvalue weighted by Gasteiger charge is 2.40. The second-order valence-electron chi connectivity index (χ2n) is 7.76. The van der Waals surface area contributed by atoms with E-state index in [4.69, 9.17) is 14.2 Å². The van der Waals surface area contributed by atoms with E-state index in [1.807, 2.05) is 6.07 Å². The molecule has 0 bridgehead atoms. The summed E-state index contributed by atoms with van der Waals surface area (Å²) >= 11 is 0. The van der Waals surface area contributed by atoms with E-state index < -0.39 is 0 Å². The maximum absolute atomic E-state index is 12.0. The number of ether oxygens (including phenoxy) is 3. The van der Waals surface area contributed by atoms with Gasteiger partial charge in [0.25, 0.3) is 0 Å². The van der Waals surface area contributed by atoms with Crippen molar-refractivity contribution in [1.82, 2.24) is 9.80 Å². The summed E-state index contributed by atoms with van der Waals surface area (Å²) in [6.45, 7) is 5.80. The van der Waals surface area contributed by atoms with Crippen LogP contribution in [0.3, 0.4) is 0 Å². The van der Waals surface area contributed by atoms with Gasteiger partial charge in [0.15, 0.2) is 11.5 Å². The first-order valence-corrected chi connectivity index (χ1v) is 10.1. The van der Waals surface area contributed by atoms with E-state index in [1.54, 1.807) is 14.0 Å². The first-order valence-electron chi connectivity index (χ1n) is 10.1. The molecular formula is C21H30N2O4. The van der Waals surface area contributed by atoms with Gasteiger partial charge in [0.05, 0.1) is 20.3 Å². The highest BCUT2D eigenvalue weighted by molar-refractivity contribution is 5.74. The summed E-state index contributed by atoms with van der Waals surface area (Å²) in [4.78, 5) is 16.7. The number of carbonyl (C=O) groups is 1. The van der Waals surface area contributed by atoms with Crippen molar-refractivity contribution in [1.29, 1.82) is 0 Å². The summed E-state index contributed by atoms with van der Waals surface area (Å²) in [6.07, 6.45) is 5.41. The first kappa shape index (κ1) is 18.4. The average molecular weight is 374 g/mol. The molecule has 0 aromatic heterocycles. The van der Waals surface area contributed by atoms with Gasteiger partial charge in [0, 0.05) is 50.1 Å². The molecule has 0 unspecified atom stereocenters. The Morgan fingerprint density at radius 1 is 1.07 bits per heavy atom. The van der Waals surface area contributed by atoms with E-state index in [2.05, 4.69) is 15.9 Å². The molecule has 0 spiro atoms. The fourth-order valence-electron chi connectivity index (χ4n) is 4.80. The second-order valence-corrected chi connectivity index (χ2v) is 7.76. The van der Waals surface area contributed by atoms with Crippen molar-refractivity contribution < 1.29 is 19.0 Å². The van der Waals surface area contributed by atoms with Crippen LogP contribution in [0, 0.1) is 0 Å². The zero-order chi connectivity index (χ0) is 18.8. The van der Waals surface area contributed by atoms with Crippen molar-refractivity contribution in [2.45, 2.75) is 57.7 Å². The quantitative estimate of drug-likeness (QED) is 0.814. The monoisotopic (exact) mass is 374 g/mol. The van der Waals surface area contributed by atoms with Gasteiger partial charge in [-0.3, -0.25) is 9.69 Å². The van der Waals surface area contributed by atoms with Gasteiger partial charge in [-0.05, 0) is 31.9 Å². The summed E-state index contributed by atoms with van der Waals surface area (Å²) in [7, 11) is 1.71. The standard InChI is InChI=1S/C21H30N2O4/c1-15(24)23-9-7-17-18(23)6-3-4-8-22(17)14-16-12-20-21(13-19(16)25-2)27-11-5-10-26-20/h12-13,17-18H,3-11,14H2,1-2H3/t17-,18-/m1/s1. The van der Waals surface area contributed by atoms with Gasteiger partial charge in [0.2, 0.25) is 5.91 Å². The molecular weight excluding hydrogens is 344 g/mol. The van der Waals surface area contributed by atoms with Crippen molar-refractivity contribution in [2.75, 3.05) is 33.4 Å². The van der Waals surface area contributed by atoms with Crippen molar-refractivity contribution >= 4 is 5.91 Å². The maximum Gasteiger partial charge on any atom is 0.219 e. The van der Waals surface area contributed by atoms with Crippen molar-refractivity contribution in [3.8, 4) is 17.2 Å². The highest BCUT2D eigenvalue weighted by atomic mass is 16.5. The van der Waals surface area contributed by atoms with E-state index in [1.165, 1.54) is 12.8 Å². The maximum atomic E-state index is 12.0. The number of rotatable bonds is 3. The predicted octanol–water partition coefficient (Wildman–Crippen LogP) is 2.83. The van der Waals surface area contributed by atoms with Crippen LogP contribution in [0.15, 0.2) is 12.1 Å². The lowest BCUT2D eigenvalue weighted by molar-refractivity contribution is -0.130. The van der Waals surface area contributed by atoms with Crippen LogP contribution in [0.2, 0.25) is 0 Å². The minimum Gasteiger partial charge on any atom is -0.496 e. The highest BCUT2D eigenvalue weighted by Crippen LogP contribution is 2.38. The number of fused-ring (bicyclic) bond motifs is 2. The molecule has 0 N–H and O–H groups in total. The molecule has 2 saturated heterocycles. The average Bonchev–Trinajstić information content (AvgIpc) is 2.82. The Labute approximate surface area is 161 Å². The van der Waals surface area contributed by atoms with Crippen LogP contribution in [-0.2, 0) is 11.3 Å². The molecule has 27 heavy (non-hydrogen) atoms. The zero-order valence-corrected chi connectivity index (χ0v) is 16.4. The van der Waals surface area contributed by atoms with E-state index in [0.29, 0.717) is 25.3 Å². The van der Waals surface area contributed by atoms with Gasteiger partial charge in [-0.1, -0.05) is 6.42 Å². The SMILES string of the molecule is COc1cc2c(cc1CN1CCCC[C@@H]3[C@H]1CCN3C(C)=O)OCCCO2. The molecule has 1 aromatic carbocycles. The largest absolute Gasteiger partial charge is 0.496 e. The van der Waals surface area contributed by atoms with E-state index in [-0.39, 0.29) is 5.91 Å². The molecule has 4 rings (SSSR count). The molecule has 6 nitrogen and oxygen atoms in total. The Morgan fingerprint density at radius 3 is 2.59 bits per heavy atom. The third kappa shape index (κ3) is 3.72. The fraction of sp³-hybridized carbons (Fsp3) is 0.667. The number of hydrogen-bond donors (Lipinski definition) is 0. The molecule has 0 radical (unpaired) electrons. The van der Waals surface area contributed by atoms with Crippen molar-refractivity contribution in [2.24, 2.45) is 0 Å². The summed E-state index contributed by atoms with van der Waals surface area (Å²) in [5, 5.41) is 0. The van der Waals surface area contributed by atoms with Gasteiger partial charge < -0.3 is 19.1 Å². The lowest BCUT2D eigenvalue weighted by Gasteiger charge is -2.33. The summed E-state index contributed by atoms with van der Waals surface area (Å²) < 4.78 is 17.4. The van der Waals surface area contributed by atoms with Crippen LogP contribution < -0.4 is 14.2 Å². The van der Waals surface area contributed by atoms with Crippen LogP contribution in [0.5, 0.6) is 17.2 Å². The molecule has 6 heteroatoms. The minimum atomic E-state index is 0.206.